The Morgan fingerprint density at radius 2 is 2.00 bits per heavy atom. The number of hydrogen-bond acceptors (Lipinski definition) is 5. The summed E-state index contributed by atoms with van der Waals surface area (Å²) in [5, 5.41) is 12.4. The van der Waals surface area contributed by atoms with Crippen molar-refractivity contribution in [1.82, 2.24) is 0 Å². The van der Waals surface area contributed by atoms with Gasteiger partial charge in [-0.25, -0.2) is 0 Å². The highest BCUT2D eigenvalue weighted by Crippen LogP contribution is 2.28. The van der Waals surface area contributed by atoms with Crippen molar-refractivity contribution >= 4 is 11.5 Å². The molecule has 0 aliphatic carbocycles. The molecule has 0 aliphatic rings. The van der Waals surface area contributed by atoms with Gasteiger partial charge in [0.2, 0.25) is 0 Å². The molecule has 0 aliphatic heterocycles. The van der Waals surface area contributed by atoms with Gasteiger partial charge in [-0.1, -0.05) is 6.07 Å². The summed E-state index contributed by atoms with van der Waals surface area (Å²) in [4.78, 5) is 11.5. The number of benzene rings is 2. The second-order valence-electron chi connectivity index (χ2n) is 5.20. The zero-order valence-electron chi connectivity index (χ0n) is 14.1. The monoisotopic (exact) mass is 324 g/mol. The van der Waals surface area contributed by atoms with Gasteiger partial charge >= 0.3 is 0 Å². The lowest BCUT2D eigenvalue weighted by atomic mass is 10.1. The Labute approximate surface area is 141 Å². The molecule has 0 spiro atoms. The third-order valence-electron chi connectivity index (χ3n) is 3.56. The van der Waals surface area contributed by atoms with Crippen molar-refractivity contribution in [3.05, 3.63) is 53.1 Å². The van der Waals surface area contributed by atoms with E-state index in [4.69, 9.17) is 9.47 Å². The Bertz CT molecular complexity index is 779. The summed E-state index contributed by atoms with van der Waals surface area (Å²) >= 11 is 0. The maximum Gasteiger partial charge on any atom is 0.161 e. The average Bonchev–Trinajstić information content (AvgIpc) is 2.60. The highest BCUT2D eigenvalue weighted by atomic mass is 16.5. The second kappa shape index (κ2) is 8.02. The second-order valence-corrected chi connectivity index (χ2v) is 5.20. The molecule has 0 unspecified atom stereocenters. The van der Waals surface area contributed by atoms with Crippen LogP contribution in [0.15, 0.2) is 36.4 Å². The topological polar surface area (TPSA) is 71.3 Å². The minimum absolute atomic E-state index is 0.0368. The van der Waals surface area contributed by atoms with Crippen LogP contribution in [0.4, 0.5) is 5.69 Å². The first-order chi connectivity index (χ1) is 11.6. The van der Waals surface area contributed by atoms with E-state index in [1.807, 2.05) is 25.1 Å². The Kier molecular flexibility index (Phi) is 5.80. The van der Waals surface area contributed by atoms with Crippen LogP contribution < -0.4 is 14.8 Å². The van der Waals surface area contributed by atoms with Crippen LogP contribution in [0.3, 0.4) is 0 Å². The third kappa shape index (κ3) is 4.05. The molecular formula is C19H20N2O3. The Morgan fingerprint density at radius 1 is 1.21 bits per heavy atom. The fourth-order valence-corrected chi connectivity index (χ4v) is 2.30. The number of anilines is 1. The minimum atomic E-state index is -0.0368. The number of hydrogen-bond donors (Lipinski definition) is 1. The van der Waals surface area contributed by atoms with Crippen LogP contribution in [0.2, 0.25) is 0 Å². The first-order valence-corrected chi connectivity index (χ1v) is 7.67. The number of nitriles is 1. The number of ether oxygens (including phenoxy) is 2. The standard InChI is InChI=1S/C19H20N2O3/c1-4-24-18-8-5-14(9-19(18)23-3)12-21-17-10-15(13(2)22)6-7-16(17)11-20/h5-10,21H,4,12H2,1-3H3. The molecule has 2 rings (SSSR count). The SMILES string of the molecule is CCOc1ccc(CNc2cc(C(C)=O)ccc2C#N)cc1OC. The Morgan fingerprint density at radius 3 is 2.62 bits per heavy atom. The van der Waals surface area contributed by atoms with E-state index in [-0.39, 0.29) is 5.78 Å². The third-order valence-corrected chi connectivity index (χ3v) is 3.56. The van der Waals surface area contributed by atoms with Crippen molar-refractivity contribution < 1.29 is 14.3 Å². The minimum Gasteiger partial charge on any atom is -0.493 e. The van der Waals surface area contributed by atoms with E-state index in [0.29, 0.717) is 41.5 Å². The smallest absolute Gasteiger partial charge is 0.161 e. The zero-order valence-corrected chi connectivity index (χ0v) is 14.1. The molecule has 1 N–H and O–H groups in total. The van der Waals surface area contributed by atoms with Crippen molar-refractivity contribution in [3.63, 3.8) is 0 Å². The number of Topliss-reactive ketones (excluding diaryl/α,β-unsaturated/α-hetero) is 1. The van der Waals surface area contributed by atoms with Gasteiger partial charge in [-0.3, -0.25) is 4.79 Å². The number of carbonyl (C=O) groups is 1. The van der Waals surface area contributed by atoms with Crippen LogP contribution in [0, 0.1) is 11.3 Å². The van der Waals surface area contributed by atoms with Crippen LogP contribution >= 0.6 is 0 Å². The zero-order chi connectivity index (χ0) is 17.5. The lowest BCUT2D eigenvalue weighted by Crippen LogP contribution is -2.04. The molecule has 0 bridgehead atoms. The molecule has 5 nitrogen and oxygen atoms in total. The van der Waals surface area contributed by atoms with Crippen molar-refractivity contribution in [2.24, 2.45) is 0 Å². The van der Waals surface area contributed by atoms with E-state index >= 15 is 0 Å². The van der Waals surface area contributed by atoms with Crippen LogP contribution in [0.5, 0.6) is 11.5 Å². The quantitative estimate of drug-likeness (QED) is 0.785. The molecule has 0 fully saturated rings. The first kappa shape index (κ1) is 17.4. The number of nitrogens with one attached hydrogen (secondary N) is 1. The van der Waals surface area contributed by atoms with Crippen LogP contribution in [-0.2, 0) is 6.54 Å². The normalized spacial score (nSPS) is 9.92. The summed E-state index contributed by atoms with van der Waals surface area (Å²) in [6.07, 6.45) is 0. The van der Waals surface area contributed by atoms with Crippen molar-refractivity contribution in [3.8, 4) is 17.6 Å². The van der Waals surface area contributed by atoms with Crippen LogP contribution in [-0.4, -0.2) is 19.5 Å². The molecule has 5 heteroatoms. The molecule has 2 aromatic carbocycles. The van der Waals surface area contributed by atoms with Crippen molar-refractivity contribution in [2.75, 3.05) is 19.0 Å². The molecule has 124 valence electrons. The predicted molar refractivity (Wildman–Crippen MR) is 92.7 cm³/mol. The van der Waals surface area contributed by atoms with Gasteiger partial charge < -0.3 is 14.8 Å². The Hall–Kier alpha value is -3.00. The highest BCUT2D eigenvalue weighted by molar-refractivity contribution is 5.95. The van der Waals surface area contributed by atoms with E-state index in [0.717, 1.165) is 5.56 Å². The summed E-state index contributed by atoms with van der Waals surface area (Å²) in [7, 11) is 1.60. The lowest BCUT2D eigenvalue weighted by molar-refractivity contribution is 0.101. The maximum absolute atomic E-state index is 11.5. The maximum atomic E-state index is 11.5. The van der Waals surface area contributed by atoms with Gasteiger partial charge in [-0.15, -0.1) is 0 Å². The van der Waals surface area contributed by atoms with Crippen LogP contribution in [0.25, 0.3) is 0 Å². The molecule has 2 aromatic rings. The van der Waals surface area contributed by atoms with E-state index < -0.39 is 0 Å². The lowest BCUT2D eigenvalue weighted by Gasteiger charge is -2.13. The highest BCUT2D eigenvalue weighted by Gasteiger charge is 2.08. The van der Waals surface area contributed by atoms with Gasteiger partial charge in [-0.2, -0.15) is 5.26 Å². The molecule has 0 saturated heterocycles. The number of methoxy groups -OCH3 is 1. The number of rotatable bonds is 7. The average molecular weight is 324 g/mol. The fourth-order valence-electron chi connectivity index (χ4n) is 2.30. The predicted octanol–water partition coefficient (Wildman–Crippen LogP) is 3.78. The molecule has 0 radical (unpaired) electrons. The molecule has 0 heterocycles. The van der Waals surface area contributed by atoms with E-state index in [2.05, 4.69) is 11.4 Å². The molecule has 0 saturated carbocycles. The summed E-state index contributed by atoms with van der Waals surface area (Å²) in [6, 6.07) is 12.8. The van der Waals surface area contributed by atoms with Crippen LogP contribution in [0.1, 0.15) is 35.3 Å². The van der Waals surface area contributed by atoms with Gasteiger partial charge in [0, 0.05) is 12.1 Å². The summed E-state index contributed by atoms with van der Waals surface area (Å²) in [5.74, 6) is 1.32. The number of nitrogens with zero attached hydrogens (tertiary/aromatic N) is 1. The molecular weight excluding hydrogens is 304 g/mol. The molecule has 0 amide bonds. The van der Waals surface area contributed by atoms with Gasteiger partial charge in [0.1, 0.15) is 6.07 Å². The summed E-state index contributed by atoms with van der Waals surface area (Å²) < 4.78 is 10.8. The molecule has 0 aromatic heterocycles. The summed E-state index contributed by atoms with van der Waals surface area (Å²) in [6.45, 7) is 4.49. The Balaban J connectivity index is 2.20. The van der Waals surface area contributed by atoms with Crippen molar-refractivity contribution in [1.29, 1.82) is 5.26 Å². The van der Waals surface area contributed by atoms with E-state index in [9.17, 15) is 10.1 Å². The molecule has 0 atom stereocenters. The summed E-state index contributed by atoms with van der Waals surface area (Å²) in [5.41, 5.74) is 2.68. The fraction of sp³-hybridized carbons (Fsp3) is 0.263. The van der Waals surface area contributed by atoms with E-state index in [1.54, 1.807) is 25.3 Å². The first-order valence-electron chi connectivity index (χ1n) is 7.67. The van der Waals surface area contributed by atoms with Gasteiger partial charge in [0.15, 0.2) is 17.3 Å². The number of ketones is 1. The largest absolute Gasteiger partial charge is 0.493 e. The van der Waals surface area contributed by atoms with Gasteiger partial charge in [0.05, 0.1) is 25.0 Å². The van der Waals surface area contributed by atoms with Crippen molar-refractivity contribution in [2.45, 2.75) is 20.4 Å². The van der Waals surface area contributed by atoms with Gasteiger partial charge in [-0.05, 0) is 49.7 Å². The molecule has 24 heavy (non-hydrogen) atoms. The van der Waals surface area contributed by atoms with E-state index in [1.165, 1.54) is 6.92 Å². The van der Waals surface area contributed by atoms with Gasteiger partial charge in [0.25, 0.3) is 0 Å². The number of carbonyl (C=O) groups excluding carboxylic acids is 1.